The van der Waals surface area contributed by atoms with Crippen molar-refractivity contribution in [2.45, 2.75) is 40.3 Å². The summed E-state index contributed by atoms with van der Waals surface area (Å²) in [5.74, 6) is 1.23. The predicted molar refractivity (Wildman–Crippen MR) is 167 cm³/mol. The van der Waals surface area contributed by atoms with Crippen molar-refractivity contribution in [3.05, 3.63) is 120 Å². The van der Waals surface area contributed by atoms with Gasteiger partial charge in [0, 0.05) is 5.56 Å². The smallest absolute Gasteiger partial charge is 0.338 e. The van der Waals surface area contributed by atoms with E-state index in [2.05, 4.69) is 11.1 Å². The van der Waals surface area contributed by atoms with Gasteiger partial charge < -0.3 is 18.9 Å². The third-order valence-electron chi connectivity index (χ3n) is 6.99. The molecular weight excluding hydrogens is 564 g/mol. The fourth-order valence-corrected chi connectivity index (χ4v) is 6.13. The molecule has 5 rings (SSSR count). The lowest BCUT2D eigenvalue weighted by Crippen LogP contribution is -2.40. The first kappa shape index (κ1) is 29.8. The van der Waals surface area contributed by atoms with E-state index in [-0.39, 0.29) is 12.2 Å². The third-order valence-corrected chi connectivity index (χ3v) is 7.98. The van der Waals surface area contributed by atoms with Gasteiger partial charge in [-0.15, -0.1) is 0 Å². The number of ether oxygens (including phenoxy) is 4. The Labute approximate surface area is 254 Å². The first-order valence-electron chi connectivity index (χ1n) is 14.1. The molecule has 0 saturated carbocycles. The Morgan fingerprint density at radius 3 is 2.51 bits per heavy atom. The van der Waals surface area contributed by atoms with Crippen LogP contribution in [0, 0.1) is 6.92 Å². The Morgan fingerprint density at radius 1 is 0.953 bits per heavy atom. The molecule has 43 heavy (non-hydrogen) atoms. The van der Waals surface area contributed by atoms with Gasteiger partial charge in [0.1, 0.15) is 18.4 Å². The first-order chi connectivity index (χ1) is 20.8. The van der Waals surface area contributed by atoms with Crippen molar-refractivity contribution in [3.63, 3.8) is 0 Å². The van der Waals surface area contributed by atoms with Crippen molar-refractivity contribution in [2.24, 2.45) is 4.99 Å². The molecule has 0 saturated heterocycles. The minimum Gasteiger partial charge on any atom is -0.494 e. The summed E-state index contributed by atoms with van der Waals surface area (Å²) in [7, 11) is 1.59. The number of hydrogen-bond acceptors (Lipinski definition) is 8. The number of benzene rings is 3. The number of esters is 1. The van der Waals surface area contributed by atoms with Crippen molar-refractivity contribution in [1.82, 2.24) is 4.57 Å². The second-order valence-electron chi connectivity index (χ2n) is 9.96. The molecule has 0 spiro atoms. The molecule has 9 heteroatoms. The third kappa shape index (κ3) is 6.27. The van der Waals surface area contributed by atoms with Crippen LogP contribution in [0.15, 0.2) is 87.8 Å². The summed E-state index contributed by atoms with van der Waals surface area (Å²) < 4.78 is 25.0. The lowest BCUT2D eigenvalue weighted by atomic mass is 9.95. The second-order valence-corrected chi connectivity index (χ2v) is 11.0. The zero-order valence-electron chi connectivity index (χ0n) is 24.9. The Kier molecular flexibility index (Phi) is 9.11. The lowest BCUT2D eigenvalue weighted by Gasteiger charge is -2.26. The van der Waals surface area contributed by atoms with Gasteiger partial charge in [0.15, 0.2) is 16.3 Å². The van der Waals surface area contributed by atoms with E-state index in [1.807, 2.05) is 74.5 Å². The Bertz CT molecular complexity index is 1870. The summed E-state index contributed by atoms with van der Waals surface area (Å²) in [6, 6.07) is 20.4. The molecule has 0 N–H and O–H groups in total. The second kappa shape index (κ2) is 13.1. The minimum absolute atomic E-state index is 0.201. The molecule has 1 aromatic heterocycles. The van der Waals surface area contributed by atoms with Crippen LogP contribution in [0.2, 0.25) is 0 Å². The van der Waals surface area contributed by atoms with Gasteiger partial charge in [-0.3, -0.25) is 9.36 Å². The summed E-state index contributed by atoms with van der Waals surface area (Å²) in [6.07, 6.45) is 1.80. The number of carbonyl (C=O) groups is 1. The normalized spacial score (nSPS) is 14.6. The molecule has 0 unspecified atom stereocenters. The lowest BCUT2D eigenvalue weighted by molar-refractivity contribution is -0.139. The highest BCUT2D eigenvalue weighted by atomic mass is 32.1. The first-order valence-corrected chi connectivity index (χ1v) is 14.9. The number of thiazole rings is 1. The zero-order valence-corrected chi connectivity index (χ0v) is 25.7. The van der Waals surface area contributed by atoms with Gasteiger partial charge in [-0.2, -0.15) is 0 Å². The number of methoxy groups -OCH3 is 1. The van der Waals surface area contributed by atoms with Crippen LogP contribution in [-0.2, 0) is 16.1 Å². The monoisotopic (exact) mass is 598 g/mol. The topological polar surface area (TPSA) is 88.4 Å². The van der Waals surface area contributed by atoms with E-state index in [9.17, 15) is 9.59 Å². The van der Waals surface area contributed by atoms with Crippen molar-refractivity contribution in [1.29, 1.82) is 0 Å². The van der Waals surface area contributed by atoms with E-state index in [1.165, 1.54) is 11.3 Å². The van der Waals surface area contributed by atoms with E-state index in [1.54, 1.807) is 31.6 Å². The highest BCUT2D eigenvalue weighted by Gasteiger charge is 2.35. The van der Waals surface area contributed by atoms with Gasteiger partial charge in [-0.1, -0.05) is 65.4 Å². The number of hydrogen-bond donors (Lipinski definition) is 0. The number of aromatic nitrogens is 1. The summed E-state index contributed by atoms with van der Waals surface area (Å²) in [6.45, 7) is 8.49. The molecule has 3 aromatic carbocycles. The molecular formula is C34H34N2O6S. The summed E-state index contributed by atoms with van der Waals surface area (Å²) in [4.78, 5) is 32.4. The zero-order chi connectivity index (χ0) is 30.5. The molecule has 1 aliphatic rings. The van der Waals surface area contributed by atoms with Gasteiger partial charge in [-0.05, 0) is 63.1 Å². The summed E-state index contributed by atoms with van der Waals surface area (Å²) in [5.41, 5.74) is 4.21. The van der Waals surface area contributed by atoms with Gasteiger partial charge in [0.2, 0.25) is 0 Å². The molecule has 4 aromatic rings. The summed E-state index contributed by atoms with van der Waals surface area (Å²) >= 11 is 1.26. The van der Waals surface area contributed by atoms with Crippen molar-refractivity contribution < 1.29 is 23.7 Å². The predicted octanol–water partition coefficient (Wildman–Crippen LogP) is 5.09. The SMILES string of the molecule is CCOC(=O)C1=C(C)N=c2s/c(=C\c3ccc(OCc4cccc(C)c4)c(OC)c3)c(=O)n2[C@H]1c1ccccc1OCC. The van der Waals surface area contributed by atoms with Crippen LogP contribution >= 0.6 is 11.3 Å². The molecule has 1 atom stereocenters. The minimum atomic E-state index is -0.757. The van der Waals surface area contributed by atoms with E-state index in [0.717, 1.165) is 16.7 Å². The Morgan fingerprint density at radius 2 is 1.77 bits per heavy atom. The molecule has 1 aliphatic heterocycles. The molecule has 0 amide bonds. The van der Waals surface area contributed by atoms with E-state index in [4.69, 9.17) is 18.9 Å². The maximum absolute atomic E-state index is 14.0. The number of para-hydroxylation sites is 1. The molecule has 2 heterocycles. The average Bonchev–Trinajstić information content (AvgIpc) is 3.30. The molecule has 0 aliphatic carbocycles. The summed E-state index contributed by atoms with van der Waals surface area (Å²) in [5, 5.41) is 0. The average molecular weight is 599 g/mol. The van der Waals surface area contributed by atoms with Crippen LogP contribution in [0.25, 0.3) is 6.08 Å². The van der Waals surface area contributed by atoms with Gasteiger partial charge in [0.25, 0.3) is 5.56 Å². The van der Waals surface area contributed by atoms with Crippen LogP contribution < -0.4 is 29.1 Å². The van der Waals surface area contributed by atoms with Crippen molar-refractivity contribution >= 4 is 23.4 Å². The highest BCUT2D eigenvalue weighted by molar-refractivity contribution is 7.07. The maximum Gasteiger partial charge on any atom is 0.338 e. The largest absolute Gasteiger partial charge is 0.494 e. The molecule has 0 fully saturated rings. The number of nitrogens with zero attached hydrogens (tertiary/aromatic N) is 2. The fraction of sp³-hybridized carbons (Fsp3) is 0.265. The van der Waals surface area contributed by atoms with E-state index >= 15 is 0 Å². The van der Waals surface area contributed by atoms with Crippen LogP contribution in [0.5, 0.6) is 17.2 Å². The molecule has 0 bridgehead atoms. The number of carbonyl (C=O) groups excluding carboxylic acids is 1. The van der Waals surface area contributed by atoms with Gasteiger partial charge >= 0.3 is 5.97 Å². The number of fused-ring (bicyclic) bond motifs is 1. The van der Waals surface area contributed by atoms with Gasteiger partial charge in [0.05, 0.1) is 36.1 Å². The standard InChI is InChI=1S/C34H34N2O6S/c1-6-40-26-14-9-8-13-25(26)31-30(33(38)41-7-2)22(4)35-34-36(31)32(37)29(43-34)19-23-15-16-27(28(18-23)39-5)42-20-24-12-10-11-21(3)17-24/h8-19,31H,6-7,20H2,1-5H3/b29-19-/t31-/m0/s1. The Balaban J connectivity index is 1.57. The van der Waals surface area contributed by atoms with Crippen LogP contribution in [0.4, 0.5) is 0 Å². The van der Waals surface area contributed by atoms with Gasteiger partial charge in [-0.25, -0.2) is 9.79 Å². The highest BCUT2D eigenvalue weighted by Crippen LogP contribution is 2.36. The van der Waals surface area contributed by atoms with E-state index < -0.39 is 12.0 Å². The Hall–Kier alpha value is -4.63. The molecule has 222 valence electrons. The fourth-order valence-electron chi connectivity index (χ4n) is 5.09. The number of allylic oxidation sites excluding steroid dienone is 1. The van der Waals surface area contributed by atoms with Crippen LogP contribution in [0.1, 0.15) is 49.1 Å². The van der Waals surface area contributed by atoms with Crippen LogP contribution in [0.3, 0.4) is 0 Å². The number of aryl methyl sites for hydroxylation is 1. The van der Waals surface area contributed by atoms with Crippen molar-refractivity contribution in [3.8, 4) is 17.2 Å². The molecule has 0 radical (unpaired) electrons. The van der Waals surface area contributed by atoms with Crippen LogP contribution in [-0.4, -0.2) is 30.9 Å². The number of rotatable bonds is 10. The van der Waals surface area contributed by atoms with E-state index in [0.29, 0.717) is 56.6 Å². The quantitative estimate of drug-likeness (QED) is 0.236. The van der Waals surface area contributed by atoms with Crippen molar-refractivity contribution in [2.75, 3.05) is 20.3 Å². The maximum atomic E-state index is 14.0. The molecule has 8 nitrogen and oxygen atoms in total.